The Kier molecular flexibility index (Phi) is 43.6. The average molecular weight is 2120 g/mol. The van der Waals surface area contributed by atoms with E-state index in [0.717, 1.165) is 165 Å². The molecule has 0 saturated heterocycles. The summed E-state index contributed by atoms with van der Waals surface area (Å²) in [4.78, 5) is 44.4. The zero-order valence-electron chi connectivity index (χ0n) is 78.1. The lowest BCUT2D eigenvalue weighted by atomic mass is 9.99. The lowest BCUT2D eigenvalue weighted by Crippen LogP contribution is -2.25. The average Bonchev–Trinajstić information content (AvgIpc) is 0.794. The van der Waals surface area contributed by atoms with Gasteiger partial charge in [-0.25, -0.2) is 15.0 Å². The Morgan fingerprint density at radius 1 is 0.410 bits per heavy atom. The zero-order valence-corrected chi connectivity index (χ0v) is 85.5. The van der Waals surface area contributed by atoms with E-state index in [0.29, 0.717) is 60.9 Å². The van der Waals surface area contributed by atoms with E-state index in [1.807, 2.05) is 94.8 Å². The molecule has 0 bridgehead atoms. The number of alkyl halides is 7. The predicted octanol–water partition coefficient (Wildman–Crippen LogP) is 22.4. The van der Waals surface area contributed by atoms with Crippen molar-refractivity contribution in [2.45, 2.75) is 150 Å². The van der Waals surface area contributed by atoms with Crippen LogP contribution in [0.25, 0.3) is 65.4 Å². The van der Waals surface area contributed by atoms with E-state index in [9.17, 15) is 45.1 Å². The van der Waals surface area contributed by atoms with Gasteiger partial charge in [0.25, 0.3) is 7.37 Å². The van der Waals surface area contributed by atoms with Crippen molar-refractivity contribution >= 4 is 150 Å². The largest absolute Gasteiger partial charge is 0.508 e. The number of nitrogen functional groups attached to an aromatic ring is 3. The van der Waals surface area contributed by atoms with Crippen LogP contribution < -0.4 is 26.7 Å². The second kappa shape index (κ2) is 52.6. The molecule has 12 aromatic rings. The third kappa shape index (κ3) is 34.2. The smallest absolute Gasteiger partial charge is 0.399 e. The molecule has 0 radical (unpaired) electrons. The number of benzene rings is 6. The highest BCUT2D eigenvalue weighted by molar-refractivity contribution is 14.1. The number of anilines is 3. The van der Waals surface area contributed by atoms with Crippen LogP contribution in [0.3, 0.4) is 0 Å². The van der Waals surface area contributed by atoms with Crippen molar-refractivity contribution in [3.63, 3.8) is 0 Å². The number of aromatic hydroxyl groups is 1. The SMILES string of the molecule is CCOP(=O)(OCC)C(F)(F)CCOCCOCCI.CCOP(C)(=O)C(F)(F)CCOCCOCCOc1ccc(CCc2cnc3c(N)nc4cc(C)ccc4c3c2)c(C)c1.C[Si](C)(C)Br.Cc1ccc2c(c1)nc(N)c1ncc(CCc3ccc(O)cc3C)cc12.Cc1ccc2c(c1)nc(N)c1ncc(CCc3ccc(OCCOCCOCC(F)(F)P(=O)(O)O)cc3C)cc12. The Balaban J connectivity index is 0.000000224. The molecule has 9 N–H and O–H groups in total. The minimum Gasteiger partial charge on any atom is -0.508 e. The number of nitrogens with two attached hydrogens (primary N) is 3. The van der Waals surface area contributed by atoms with Gasteiger partial charge < -0.3 is 83.6 Å². The van der Waals surface area contributed by atoms with Gasteiger partial charge in [-0.1, -0.05) is 96.8 Å². The number of nitrogens with zero attached hydrogens (tertiary/aromatic N) is 6. The molecule has 0 saturated carbocycles. The Hall–Kier alpha value is -8.16. The Labute approximate surface area is 801 Å². The minimum atomic E-state index is -5.55. The normalized spacial score (nSPS) is 12.6. The predicted molar refractivity (Wildman–Crippen MR) is 535 cm³/mol. The lowest BCUT2D eigenvalue weighted by Gasteiger charge is -2.25. The number of halogens is 8. The number of aryl methyl sites for hydroxylation is 12. The second-order valence-corrected chi connectivity index (χ2v) is 51.6. The summed E-state index contributed by atoms with van der Waals surface area (Å²) in [5, 5.41) is 15.8. The van der Waals surface area contributed by atoms with E-state index in [4.69, 9.17) is 64.7 Å². The Bertz CT molecular complexity index is 6010. The van der Waals surface area contributed by atoms with E-state index < -0.39 is 65.7 Å². The first-order chi connectivity index (χ1) is 63.4. The minimum absolute atomic E-state index is 0.0132. The number of phenolic OH excluding ortho intramolecular Hbond substituents is 1. The monoisotopic (exact) mass is 2120 g/mol. The lowest BCUT2D eigenvalue weighted by molar-refractivity contribution is -0.0471. The molecule has 0 fully saturated rings. The molecule has 6 aromatic heterocycles. The summed E-state index contributed by atoms with van der Waals surface area (Å²) in [6, 6.07) is 42.5. The van der Waals surface area contributed by atoms with E-state index in [1.54, 1.807) is 12.1 Å². The highest BCUT2D eigenvalue weighted by Gasteiger charge is 2.53. The van der Waals surface area contributed by atoms with Crippen LogP contribution in [0.15, 0.2) is 146 Å². The maximum atomic E-state index is 14.0. The maximum absolute atomic E-state index is 14.0. The van der Waals surface area contributed by atoms with Crippen molar-refractivity contribution in [2.75, 3.05) is 141 Å². The van der Waals surface area contributed by atoms with Gasteiger partial charge in [0.1, 0.15) is 60.3 Å². The van der Waals surface area contributed by atoms with Gasteiger partial charge in [0.15, 0.2) is 17.5 Å². The van der Waals surface area contributed by atoms with Gasteiger partial charge in [0.05, 0.1) is 109 Å². The quantitative estimate of drug-likeness (QED) is 0.00302. The van der Waals surface area contributed by atoms with E-state index >= 15 is 0 Å². The number of aromatic nitrogens is 6. The maximum Gasteiger partial charge on any atom is 0.399 e. The highest BCUT2D eigenvalue weighted by Crippen LogP contribution is 2.63. The van der Waals surface area contributed by atoms with Gasteiger partial charge in [0, 0.05) is 74.8 Å². The Morgan fingerprint density at radius 3 is 1.08 bits per heavy atom. The van der Waals surface area contributed by atoms with Gasteiger partial charge in [-0.2, -0.15) is 26.3 Å². The summed E-state index contributed by atoms with van der Waals surface area (Å²) in [6.07, 6.45) is 9.32. The van der Waals surface area contributed by atoms with Crippen LogP contribution >= 0.6 is 60.4 Å². The summed E-state index contributed by atoms with van der Waals surface area (Å²) in [5.41, 5.74) is 25.9. The van der Waals surface area contributed by atoms with Gasteiger partial charge in [-0.05, 0) is 240 Å². The number of phenols is 1. The van der Waals surface area contributed by atoms with Crippen LogP contribution in [-0.2, 0) is 94.2 Å². The molecule has 38 heteroatoms. The molecular weight excluding hydrogens is 1990 g/mol. The number of rotatable bonds is 45. The van der Waals surface area contributed by atoms with Crippen molar-refractivity contribution in [1.82, 2.24) is 29.9 Å². The van der Waals surface area contributed by atoms with Crippen LogP contribution in [0.1, 0.15) is 100 Å². The summed E-state index contributed by atoms with van der Waals surface area (Å²) >= 11 is 5.68. The molecule has 0 amide bonds. The van der Waals surface area contributed by atoms with Crippen molar-refractivity contribution in [3.8, 4) is 17.2 Å². The fourth-order valence-corrected chi connectivity index (χ4v) is 17.0. The van der Waals surface area contributed by atoms with Crippen LogP contribution in [0.4, 0.5) is 43.8 Å². The topological polar surface area (TPSA) is 369 Å². The van der Waals surface area contributed by atoms with Gasteiger partial charge in [-0.15, -0.1) is 15.3 Å². The van der Waals surface area contributed by atoms with Crippen LogP contribution in [0, 0.1) is 41.5 Å². The van der Waals surface area contributed by atoms with Crippen LogP contribution in [-0.4, -0.2) is 192 Å². The molecule has 1 unspecified atom stereocenters. The number of hydrogen-bond donors (Lipinski definition) is 6. The number of hydrogen-bond acceptors (Lipinski definition) is 24. The van der Waals surface area contributed by atoms with Gasteiger partial charge in [0.2, 0.25) is 0 Å². The van der Waals surface area contributed by atoms with E-state index in [-0.39, 0.29) is 79.3 Å². The molecule has 0 aliphatic heterocycles. The summed E-state index contributed by atoms with van der Waals surface area (Å²) < 4.78 is 174. The molecule has 12 rings (SSSR count). The summed E-state index contributed by atoms with van der Waals surface area (Å²) in [7, 11) is -14.0. The fraction of sp³-hybridized carbons (Fsp3) is 0.438. The van der Waals surface area contributed by atoms with Crippen molar-refractivity contribution < 1.29 is 106 Å². The molecule has 6 heterocycles. The first-order valence-electron chi connectivity index (χ1n) is 44.0. The molecule has 134 heavy (non-hydrogen) atoms. The molecule has 0 spiro atoms. The van der Waals surface area contributed by atoms with Crippen molar-refractivity contribution in [3.05, 3.63) is 213 Å². The Morgan fingerprint density at radius 2 is 0.739 bits per heavy atom. The standard InChI is InChI=1S/C32H40F2N3O5P.C28H32F2N3O6P.C22H21N3O.C11H22F2IO5P.C3H9BrSi/c1-5-42-43(4,38)32(33,34)12-13-39-14-15-40-16-17-41-26-10-9-25(23(3)19-26)8-7-24-20-28-27-11-6-22(2)18-29(27)37-31(35)30(28)36-21-24;1-18-3-8-23-24-15-20(16-32-26(24)27(31)33-25(23)13-18)4-5-21-6-7-22(14-19(21)2)39-12-11-37-9-10-38-17-28(29,30)40(34,35)36;1-13-3-8-18-19-11-15(4-5-16-6-7-17(26)10-14(16)2)12-24-21(19)22(23)25-20(18)9-13;1-3-18-20(15,19-4-2)11(12,13)5-7-16-9-10-17-8-6-14;1-5(2,3)4/h6,9-11,18-21H,5,7-8,12-17H2,1-4H3,(H2,35,37);3,6-8,13-16H,4-5,9-12,17H2,1-2H3,(H2,31,33)(H2,34,35,36);3,6-12,26H,4-5H2,1-2H3,(H2,23,25);3-10H2,1-2H3;1-3H3. The molecule has 1 atom stereocenters. The first kappa shape index (κ1) is 111. The first-order valence-corrected chi connectivity index (χ1v) is 56.5. The number of pyridine rings is 6. The van der Waals surface area contributed by atoms with Crippen molar-refractivity contribution in [2.24, 2.45) is 0 Å². The van der Waals surface area contributed by atoms with Gasteiger partial charge >= 0.3 is 32.2 Å². The molecule has 6 aromatic carbocycles. The van der Waals surface area contributed by atoms with Crippen molar-refractivity contribution in [1.29, 1.82) is 0 Å². The molecule has 0 aliphatic rings. The third-order valence-corrected chi connectivity index (χ3v) is 26.5. The highest BCUT2D eigenvalue weighted by atomic mass is 127. The van der Waals surface area contributed by atoms with E-state index in [1.165, 1.54) is 37.5 Å². The molecule has 26 nitrogen and oxygen atoms in total. The number of fused-ring (bicyclic) bond motifs is 9. The zero-order chi connectivity index (χ0) is 98.2. The molecule has 0 aliphatic carbocycles. The fourth-order valence-electron chi connectivity index (χ4n) is 13.7. The molecule has 730 valence electrons. The van der Waals surface area contributed by atoms with Gasteiger partial charge in [-0.3, -0.25) is 28.6 Å². The second-order valence-electron chi connectivity index (χ2n) is 32.8. The summed E-state index contributed by atoms with van der Waals surface area (Å²) in [5.74, 6) is 3.07. The third-order valence-electron chi connectivity index (χ3n) is 20.7. The van der Waals surface area contributed by atoms with E-state index in [2.05, 4.69) is 182 Å². The molecular formula is C96H124BrF6IN9O17P3Si. The van der Waals surface area contributed by atoms with Crippen LogP contribution in [0.2, 0.25) is 19.6 Å². The number of ether oxygens (including phenoxy) is 8. The van der Waals surface area contributed by atoms with Crippen LogP contribution in [0.5, 0.6) is 17.2 Å². The summed E-state index contributed by atoms with van der Waals surface area (Å²) in [6.45, 7) is 24.0.